The number of nitrogens with zero attached hydrogens (tertiary/aromatic N) is 2. The Morgan fingerprint density at radius 1 is 1.37 bits per heavy atom. The summed E-state index contributed by atoms with van der Waals surface area (Å²) in [6.07, 6.45) is 0. The molecule has 8 nitrogen and oxygen atoms in total. The Bertz CT molecular complexity index is 722. The van der Waals surface area contributed by atoms with E-state index in [2.05, 4.69) is 9.88 Å². The van der Waals surface area contributed by atoms with Crippen LogP contribution in [0.15, 0.2) is 39.8 Å². The number of benzene rings is 1. The maximum Gasteiger partial charge on any atom is 0.270 e. The van der Waals surface area contributed by atoms with E-state index >= 15 is 0 Å². The number of hydrogen-bond donors (Lipinski definition) is 1. The highest BCUT2D eigenvalue weighted by Gasteiger charge is 2.19. The molecule has 9 heteroatoms. The van der Waals surface area contributed by atoms with Gasteiger partial charge in [0.05, 0.1) is 9.82 Å². The fourth-order valence-corrected chi connectivity index (χ4v) is 2.40. The lowest BCUT2D eigenvalue weighted by molar-refractivity contribution is -0.385. The monoisotopic (exact) mass is 283 g/mol. The molecule has 0 saturated heterocycles. The second-order valence-electron chi connectivity index (χ2n) is 3.68. The lowest BCUT2D eigenvalue weighted by atomic mass is 10.3. The molecule has 1 N–H and O–H groups in total. The molecule has 0 aliphatic rings. The van der Waals surface area contributed by atoms with Gasteiger partial charge < -0.3 is 4.52 Å². The molecule has 0 radical (unpaired) electrons. The molecule has 2 rings (SSSR count). The lowest BCUT2D eigenvalue weighted by Gasteiger charge is -2.04. The number of sulfonamides is 1. The minimum Gasteiger partial charge on any atom is -0.360 e. The average molecular weight is 283 g/mol. The first-order valence-corrected chi connectivity index (χ1v) is 6.57. The fraction of sp³-hybridized carbons (Fsp3) is 0.100. The van der Waals surface area contributed by atoms with Crippen LogP contribution in [0.4, 0.5) is 11.5 Å². The van der Waals surface area contributed by atoms with Gasteiger partial charge in [-0.2, -0.15) is 0 Å². The van der Waals surface area contributed by atoms with E-state index in [-0.39, 0.29) is 16.4 Å². The molecule has 0 spiro atoms. The van der Waals surface area contributed by atoms with Crippen LogP contribution in [0.3, 0.4) is 0 Å². The molecule has 100 valence electrons. The van der Waals surface area contributed by atoms with E-state index < -0.39 is 14.9 Å². The van der Waals surface area contributed by atoms with Gasteiger partial charge in [-0.25, -0.2) is 8.42 Å². The quantitative estimate of drug-likeness (QED) is 0.674. The van der Waals surface area contributed by atoms with Crippen molar-refractivity contribution in [3.8, 4) is 0 Å². The highest BCUT2D eigenvalue weighted by atomic mass is 32.2. The Morgan fingerprint density at radius 2 is 2.11 bits per heavy atom. The van der Waals surface area contributed by atoms with E-state index in [9.17, 15) is 18.5 Å². The van der Waals surface area contributed by atoms with Crippen molar-refractivity contribution in [1.29, 1.82) is 0 Å². The summed E-state index contributed by atoms with van der Waals surface area (Å²) in [5.74, 6) is 0.459. The number of nitrogens with one attached hydrogen (secondary N) is 1. The lowest BCUT2D eigenvalue weighted by Crippen LogP contribution is -2.13. The Labute approximate surface area is 108 Å². The van der Waals surface area contributed by atoms with Crippen LogP contribution in [-0.4, -0.2) is 18.5 Å². The Morgan fingerprint density at radius 3 is 2.68 bits per heavy atom. The molecular weight excluding hydrogens is 274 g/mol. The molecular formula is C10H9N3O5S. The number of non-ortho nitro benzene ring substituents is 1. The van der Waals surface area contributed by atoms with Crippen molar-refractivity contribution >= 4 is 21.5 Å². The van der Waals surface area contributed by atoms with Gasteiger partial charge in [-0.05, 0) is 13.0 Å². The molecule has 0 atom stereocenters. The predicted molar refractivity (Wildman–Crippen MR) is 65.1 cm³/mol. The van der Waals surface area contributed by atoms with Crippen molar-refractivity contribution in [2.24, 2.45) is 0 Å². The van der Waals surface area contributed by atoms with E-state index in [0.717, 1.165) is 6.07 Å². The SMILES string of the molecule is Cc1cc(NS(=O)(=O)c2cccc([N+](=O)[O-])c2)no1. The van der Waals surface area contributed by atoms with Crippen molar-refractivity contribution in [3.05, 3.63) is 46.2 Å². The van der Waals surface area contributed by atoms with Gasteiger partial charge in [0.1, 0.15) is 5.76 Å². The van der Waals surface area contributed by atoms with Crippen LogP contribution in [-0.2, 0) is 10.0 Å². The van der Waals surface area contributed by atoms with Gasteiger partial charge in [-0.15, -0.1) is 0 Å². The van der Waals surface area contributed by atoms with E-state index in [0.29, 0.717) is 5.76 Å². The van der Waals surface area contributed by atoms with Crippen LogP contribution in [0.1, 0.15) is 5.76 Å². The summed E-state index contributed by atoms with van der Waals surface area (Å²) in [4.78, 5) is 9.72. The molecule has 0 aliphatic carbocycles. The highest BCUT2D eigenvalue weighted by Crippen LogP contribution is 2.20. The van der Waals surface area contributed by atoms with Crippen molar-refractivity contribution in [2.45, 2.75) is 11.8 Å². The summed E-state index contributed by atoms with van der Waals surface area (Å²) >= 11 is 0. The van der Waals surface area contributed by atoms with Crippen molar-refractivity contribution in [2.75, 3.05) is 4.72 Å². The van der Waals surface area contributed by atoms with Crippen LogP contribution in [0.25, 0.3) is 0 Å². The summed E-state index contributed by atoms with van der Waals surface area (Å²) in [7, 11) is -3.93. The minimum atomic E-state index is -3.93. The maximum absolute atomic E-state index is 12.0. The van der Waals surface area contributed by atoms with Gasteiger partial charge >= 0.3 is 0 Å². The molecule has 2 aromatic rings. The maximum atomic E-state index is 12.0. The second-order valence-corrected chi connectivity index (χ2v) is 5.37. The van der Waals surface area contributed by atoms with Gasteiger partial charge in [-0.3, -0.25) is 14.8 Å². The third-order valence-electron chi connectivity index (χ3n) is 2.21. The van der Waals surface area contributed by atoms with E-state index in [1.807, 2.05) is 0 Å². The highest BCUT2D eigenvalue weighted by molar-refractivity contribution is 7.92. The summed E-state index contributed by atoms with van der Waals surface area (Å²) in [5.41, 5.74) is -0.306. The molecule has 0 fully saturated rings. The first-order valence-electron chi connectivity index (χ1n) is 5.09. The third-order valence-corrected chi connectivity index (χ3v) is 3.56. The van der Waals surface area contributed by atoms with Crippen LogP contribution in [0.5, 0.6) is 0 Å². The van der Waals surface area contributed by atoms with Crippen molar-refractivity contribution in [1.82, 2.24) is 5.16 Å². The Kier molecular flexibility index (Phi) is 3.21. The number of hydrogen-bond acceptors (Lipinski definition) is 6. The van der Waals surface area contributed by atoms with Gasteiger partial charge in [0.25, 0.3) is 15.7 Å². The van der Waals surface area contributed by atoms with Gasteiger partial charge in [0, 0.05) is 18.2 Å². The molecule has 1 heterocycles. The summed E-state index contributed by atoms with van der Waals surface area (Å²) in [5, 5.41) is 14.1. The first kappa shape index (κ1) is 13.0. The van der Waals surface area contributed by atoms with Gasteiger partial charge in [0.2, 0.25) is 0 Å². The predicted octanol–water partition coefficient (Wildman–Crippen LogP) is 1.69. The van der Waals surface area contributed by atoms with E-state index in [4.69, 9.17) is 4.52 Å². The Balaban J connectivity index is 2.34. The average Bonchev–Trinajstić information content (AvgIpc) is 2.74. The van der Waals surface area contributed by atoms with Crippen LogP contribution in [0, 0.1) is 17.0 Å². The molecule has 0 bridgehead atoms. The number of aryl methyl sites for hydroxylation is 1. The minimum absolute atomic E-state index is 0.0176. The first-order chi connectivity index (χ1) is 8.88. The smallest absolute Gasteiger partial charge is 0.270 e. The number of nitro benzene ring substituents is 1. The number of rotatable bonds is 4. The zero-order valence-corrected chi connectivity index (χ0v) is 10.5. The number of nitro groups is 1. The molecule has 0 aliphatic heterocycles. The van der Waals surface area contributed by atoms with Gasteiger partial charge in [-0.1, -0.05) is 11.2 Å². The number of anilines is 1. The zero-order valence-electron chi connectivity index (χ0n) is 9.73. The van der Waals surface area contributed by atoms with Crippen molar-refractivity contribution < 1.29 is 17.9 Å². The van der Waals surface area contributed by atoms with E-state index in [1.165, 1.54) is 24.3 Å². The molecule has 19 heavy (non-hydrogen) atoms. The van der Waals surface area contributed by atoms with E-state index in [1.54, 1.807) is 6.92 Å². The second kappa shape index (κ2) is 4.69. The summed E-state index contributed by atoms with van der Waals surface area (Å²) in [6, 6.07) is 6.12. The fourth-order valence-electron chi connectivity index (χ4n) is 1.38. The van der Waals surface area contributed by atoms with Crippen LogP contribution < -0.4 is 4.72 Å². The molecule has 0 saturated carbocycles. The zero-order chi connectivity index (χ0) is 14.0. The van der Waals surface area contributed by atoms with Gasteiger partial charge in [0.15, 0.2) is 5.82 Å². The summed E-state index contributed by atoms with van der Waals surface area (Å²) in [6.45, 7) is 1.61. The number of aromatic nitrogens is 1. The molecule has 0 amide bonds. The van der Waals surface area contributed by atoms with Crippen LogP contribution in [0.2, 0.25) is 0 Å². The normalized spacial score (nSPS) is 11.2. The third kappa shape index (κ3) is 2.88. The molecule has 0 unspecified atom stereocenters. The molecule has 1 aromatic carbocycles. The Hall–Kier alpha value is -2.42. The van der Waals surface area contributed by atoms with Crippen LogP contribution >= 0.6 is 0 Å². The topological polar surface area (TPSA) is 115 Å². The molecule has 1 aromatic heterocycles. The van der Waals surface area contributed by atoms with Crippen molar-refractivity contribution in [3.63, 3.8) is 0 Å². The summed E-state index contributed by atoms with van der Waals surface area (Å²) < 4.78 is 30.8. The standard InChI is InChI=1S/C10H9N3O5S/c1-7-5-10(11-18-7)12-19(16,17)9-4-2-3-8(6-9)13(14)15/h2-6H,1H3,(H,11,12). The largest absolute Gasteiger partial charge is 0.360 e.